The van der Waals surface area contributed by atoms with E-state index in [-0.39, 0.29) is 21.7 Å². The van der Waals surface area contributed by atoms with E-state index < -0.39 is 0 Å². The topological polar surface area (TPSA) is 6.48 Å². The van der Waals surface area contributed by atoms with Gasteiger partial charge in [0.2, 0.25) is 0 Å². The van der Waals surface area contributed by atoms with Crippen molar-refractivity contribution in [3.05, 3.63) is 58.1 Å². The van der Waals surface area contributed by atoms with Crippen molar-refractivity contribution in [2.45, 2.75) is 112 Å². The highest BCUT2D eigenvalue weighted by Gasteiger charge is 2.31. The normalized spacial score (nSPS) is 15.9. The first kappa shape index (κ1) is 26.6. The maximum Gasteiger partial charge on any atom is 0.0904 e. The van der Waals surface area contributed by atoms with Gasteiger partial charge in [0.05, 0.1) is 6.67 Å². The number of hydrogen-bond donors (Lipinski definition) is 0. The highest BCUT2D eigenvalue weighted by atomic mass is 15.4. The number of benzene rings is 2. The van der Waals surface area contributed by atoms with Gasteiger partial charge in [-0.25, -0.2) is 0 Å². The summed E-state index contributed by atoms with van der Waals surface area (Å²) in [6, 6.07) is 12.1. The van der Waals surface area contributed by atoms with Gasteiger partial charge in [0.25, 0.3) is 0 Å². The molecule has 2 aromatic rings. The van der Waals surface area contributed by atoms with Gasteiger partial charge in [-0.05, 0) is 68.5 Å². The van der Waals surface area contributed by atoms with E-state index in [4.69, 9.17) is 0 Å². The number of rotatable bonds is 2. The molecule has 1 aliphatic heterocycles. The van der Waals surface area contributed by atoms with Crippen molar-refractivity contribution in [2.24, 2.45) is 0 Å². The lowest BCUT2D eigenvalue weighted by Gasteiger charge is -2.34. The zero-order valence-electron chi connectivity index (χ0n) is 24.4. The van der Waals surface area contributed by atoms with E-state index in [1.807, 2.05) is 0 Å². The third kappa shape index (κ3) is 5.47. The molecular weight excluding hydrogens is 412 g/mol. The van der Waals surface area contributed by atoms with Crippen LogP contribution in [0.25, 0.3) is 0 Å². The fourth-order valence-electron chi connectivity index (χ4n) is 5.24. The summed E-state index contributed by atoms with van der Waals surface area (Å²) in [6.45, 7) is 33.3. The highest BCUT2D eigenvalue weighted by molar-refractivity contribution is 5.66. The Labute approximate surface area is 210 Å². The molecule has 2 aromatic carbocycles. The Morgan fingerprint density at radius 3 is 1.44 bits per heavy atom. The first-order chi connectivity index (χ1) is 15.3. The Morgan fingerprint density at radius 2 is 1.00 bits per heavy atom. The summed E-state index contributed by atoms with van der Waals surface area (Å²) >= 11 is 0. The lowest BCUT2D eigenvalue weighted by molar-refractivity contribution is 0.571. The predicted octanol–water partition coefficient (Wildman–Crippen LogP) is 8.47. The minimum absolute atomic E-state index is 0.104. The van der Waals surface area contributed by atoms with Crippen LogP contribution in [0.15, 0.2) is 30.3 Å². The van der Waals surface area contributed by atoms with Crippen LogP contribution in [-0.2, 0) is 21.7 Å². The second-order valence-corrected chi connectivity index (χ2v) is 14.6. The molecule has 0 unspecified atom stereocenters. The first-order valence-electron chi connectivity index (χ1n) is 13.1. The van der Waals surface area contributed by atoms with Gasteiger partial charge in [0.1, 0.15) is 0 Å². The van der Waals surface area contributed by atoms with E-state index in [0.29, 0.717) is 0 Å². The second-order valence-electron chi connectivity index (χ2n) is 14.6. The molecule has 2 heteroatoms. The summed E-state index contributed by atoms with van der Waals surface area (Å²) in [5, 5.41) is 0. The molecule has 2 nitrogen and oxygen atoms in total. The zero-order chi connectivity index (χ0) is 25.9. The summed E-state index contributed by atoms with van der Waals surface area (Å²) < 4.78 is 0. The van der Waals surface area contributed by atoms with Gasteiger partial charge in [-0.2, -0.15) is 0 Å². The Kier molecular flexibility index (Phi) is 6.75. The maximum absolute atomic E-state index is 2.62. The Hall–Kier alpha value is -1.96. The molecule has 0 aromatic heterocycles. The number of anilines is 2. The Bertz CT molecular complexity index is 1030. The second kappa shape index (κ2) is 8.61. The van der Waals surface area contributed by atoms with Crippen LogP contribution >= 0.6 is 0 Å². The summed E-state index contributed by atoms with van der Waals surface area (Å²) in [5.74, 6) is 0. The molecule has 3 rings (SSSR count). The van der Waals surface area contributed by atoms with Crippen LogP contribution in [-0.4, -0.2) is 19.8 Å². The van der Waals surface area contributed by atoms with Crippen molar-refractivity contribution in [1.82, 2.24) is 0 Å². The van der Waals surface area contributed by atoms with Crippen molar-refractivity contribution >= 4 is 11.4 Å². The molecule has 34 heavy (non-hydrogen) atoms. The van der Waals surface area contributed by atoms with Crippen LogP contribution in [0.2, 0.25) is 0 Å². The Balaban J connectivity index is 2.08. The molecule has 0 aliphatic carbocycles. The Morgan fingerprint density at radius 1 is 0.529 bits per heavy atom. The van der Waals surface area contributed by atoms with Crippen molar-refractivity contribution < 1.29 is 0 Å². The summed E-state index contributed by atoms with van der Waals surface area (Å²) in [6.07, 6.45) is 0. The molecular formula is C32H50N2. The average molecular weight is 463 g/mol. The molecule has 1 fully saturated rings. The first-order valence-corrected chi connectivity index (χ1v) is 13.1. The fourth-order valence-corrected chi connectivity index (χ4v) is 5.24. The molecule has 1 heterocycles. The molecule has 188 valence electrons. The van der Waals surface area contributed by atoms with Gasteiger partial charge in [-0.3, -0.25) is 0 Å². The third-order valence-electron chi connectivity index (χ3n) is 7.29. The molecule has 1 aliphatic rings. The molecule has 1 saturated heterocycles. The summed E-state index contributed by atoms with van der Waals surface area (Å²) in [7, 11) is 0. The summed E-state index contributed by atoms with van der Waals surface area (Å²) in [5.41, 5.74) is 10.5. The van der Waals surface area contributed by atoms with E-state index in [9.17, 15) is 0 Å². The lowest BCUT2D eigenvalue weighted by Crippen LogP contribution is -2.30. The molecule has 0 atom stereocenters. The number of aryl methyl sites for hydroxylation is 1. The SMILES string of the molecule is Cc1cc(C(C)(C)C)c(N2CCN(c3cc(C(C)(C)C)ccc3C(C)(C)C)C2)cc1C(C)(C)C. The predicted molar refractivity (Wildman–Crippen MR) is 152 cm³/mol. The van der Waals surface area contributed by atoms with Gasteiger partial charge in [0.15, 0.2) is 0 Å². The fraction of sp³-hybridized carbons (Fsp3) is 0.625. The van der Waals surface area contributed by atoms with Crippen molar-refractivity contribution in [3.8, 4) is 0 Å². The number of hydrogen-bond acceptors (Lipinski definition) is 2. The lowest BCUT2D eigenvalue weighted by atomic mass is 9.78. The van der Waals surface area contributed by atoms with Crippen LogP contribution in [0, 0.1) is 6.92 Å². The van der Waals surface area contributed by atoms with Crippen LogP contribution in [0.1, 0.15) is 111 Å². The standard InChI is InChI=1S/C32H50N2/c1-22-18-26(32(11,12)13)28(20-25(22)31(8,9)10)34-17-16-33(21-34)27-19-23(29(2,3)4)14-15-24(27)30(5,6)7/h14-15,18-20H,16-17,21H2,1-13H3. The maximum atomic E-state index is 2.62. The van der Waals surface area contributed by atoms with Gasteiger partial charge in [-0.1, -0.05) is 101 Å². The highest BCUT2D eigenvalue weighted by Crippen LogP contribution is 2.41. The molecule has 0 N–H and O–H groups in total. The summed E-state index contributed by atoms with van der Waals surface area (Å²) in [4.78, 5) is 5.23. The largest absolute Gasteiger partial charge is 0.352 e. The van der Waals surface area contributed by atoms with E-state index in [1.54, 1.807) is 0 Å². The van der Waals surface area contributed by atoms with Crippen LogP contribution in [0.3, 0.4) is 0 Å². The molecule has 0 radical (unpaired) electrons. The van der Waals surface area contributed by atoms with Crippen molar-refractivity contribution in [3.63, 3.8) is 0 Å². The average Bonchev–Trinajstić information content (AvgIpc) is 3.14. The zero-order valence-corrected chi connectivity index (χ0v) is 24.4. The molecule has 0 spiro atoms. The van der Waals surface area contributed by atoms with E-state index >= 15 is 0 Å². The van der Waals surface area contributed by atoms with Crippen LogP contribution in [0.4, 0.5) is 11.4 Å². The van der Waals surface area contributed by atoms with Gasteiger partial charge >= 0.3 is 0 Å². The molecule has 0 amide bonds. The van der Waals surface area contributed by atoms with Gasteiger partial charge in [0, 0.05) is 24.5 Å². The molecule has 0 saturated carbocycles. The smallest absolute Gasteiger partial charge is 0.0904 e. The van der Waals surface area contributed by atoms with Crippen molar-refractivity contribution in [2.75, 3.05) is 29.6 Å². The van der Waals surface area contributed by atoms with Crippen LogP contribution < -0.4 is 9.80 Å². The minimum atomic E-state index is 0.104. The van der Waals surface area contributed by atoms with E-state index in [0.717, 1.165) is 19.8 Å². The van der Waals surface area contributed by atoms with Gasteiger partial charge < -0.3 is 9.80 Å². The van der Waals surface area contributed by atoms with E-state index in [2.05, 4.69) is 130 Å². The number of nitrogens with zero attached hydrogens (tertiary/aromatic N) is 2. The molecule has 0 bridgehead atoms. The van der Waals surface area contributed by atoms with Crippen molar-refractivity contribution in [1.29, 1.82) is 0 Å². The van der Waals surface area contributed by atoms with E-state index in [1.165, 1.54) is 39.2 Å². The van der Waals surface area contributed by atoms with Crippen LogP contribution in [0.5, 0.6) is 0 Å². The van der Waals surface area contributed by atoms with Gasteiger partial charge in [-0.15, -0.1) is 0 Å². The quantitative estimate of drug-likeness (QED) is 0.441. The third-order valence-corrected chi connectivity index (χ3v) is 7.29. The monoisotopic (exact) mass is 462 g/mol. The minimum Gasteiger partial charge on any atom is -0.352 e.